The first-order valence-electron chi connectivity index (χ1n) is 8.09. The van der Waals surface area contributed by atoms with E-state index >= 15 is 0 Å². The number of amides is 1. The van der Waals surface area contributed by atoms with E-state index in [1.54, 1.807) is 37.7 Å². The largest absolute Gasteiger partial charge is 0.493 e. The Hall–Kier alpha value is -2.06. The molecule has 0 spiro atoms. The zero-order chi connectivity index (χ0) is 17.5. The summed E-state index contributed by atoms with van der Waals surface area (Å²) >= 11 is 0. The number of nitrogens with zero attached hydrogens (tertiary/aromatic N) is 1. The van der Waals surface area contributed by atoms with Crippen LogP contribution in [0.3, 0.4) is 0 Å². The van der Waals surface area contributed by atoms with Gasteiger partial charge in [-0.2, -0.15) is 0 Å². The van der Waals surface area contributed by atoms with E-state index in [0.29, 0.717) is 36.9 Å². The number of nitrogens with one attached hydrogen (secondary N) is 2. The van der Waals surface area contributed by atoms with E-state index in [1.165, 1.54) is 0 Å². The minimum absolute atomic E-state index is 0. The number of benzene rings is 1. The van der Waals surface area contributed by atoms with E-state index < -0.39 is 6.10 Å². The lowest BCUT2D eigenvalue weighted by Crippen LogP contribution is -2.45. The van der Waals surface area contributed by atoms with Crippen LogP contribution in [0.15, 0.2) is 42.7 Å². The van der Waals surface area contributed by atoms with Crippen molar-refractivity contribution in [3.8, 4) is 11.5 Å². The van der Waals surface area contributed by atoms with Crippen LogP contribution in [0, 0.1) is 0 Å². The molecule has 0 radical (unpaired) electrons. The molecule has 1 saturated heterocycles. The SMILES string of the molecule is COc1ccc(NC(=O)C2CNCCO2)cc1OCc1cccnc1.Cl.Cl. The smallest absolute Gasteiger partial charge is 0.254 e. The second-order valence-electron chi connectivity index (χ2n) is 5.57. The van der Waals surface area contributed by atoms with Crippen molar-refractivity contribution in [1.29, 1.82) is 0 Å². The maximum atomic E-state index is 12.3. The summed E-state index contributed by atoms with van der Waals surface area (Å²) in [5.74, 6) is 0.958. The zero-order valence-corrected chi connectivity index (χ0v) is 16.5. The molecule has 148 valence electrons. The highest BCUT2D eigenvalue weighted by molar-refractivity contribution is 5.94. The quantitative estimate of drug-likeness (QED) is 0.753. The molecule has 7 nitrogen and oxygen atoms in total. The van der Waals surface area contributed by atoms with Gasteiger partial charge in [-0.3, -0.25) is 9.78 Å². The van der Waals surface area contributed by atoms with Crippen molar-refractivity contribution >= 4 is 36.4 Å². The molecule has 0 aliphatic carbocycles. The summed E-state index contributed by atoms with van der Waals surface area (Å²) in [6, 6.07) is 9.05. The number of ether oxygens (including phenoxy) is 3. The van der Waals surface area contributed by atoms with Gasteiger partial charge in [-0.1, -0.05) is 6.07 Å². The summed E-state index contributed by atoms with van der Waals surface area (Å²) in [6.45, 7) is 2.16. The number of hydrogen-bond acceptors (Lipinski definition) is 6. The molecule has 1 aliphatic rings. The van der Waals surface area contributed by atoms with Crippen LogP contribution in [0.1, 0.15) is 5.56 Å². The number of rotatable bonds is 6. The lowest BCUT2D eigenvalue weighted by atomic mass is 10.2. The molecule has 1 aromatic heterocycles. The van der Waals surface area contributed by atoms with Gasteiger partial charge in [0, 0.05) is 42.8 Å². The number of carbonyl (C=O) groups is 1. The third-order valence-corrected chi connectivity index (χ3v) is 3.77. The van der Waals surface area contributed by atoms with Crippen molar-refractivity contribution < 1.29 is 19.0 Å². The van der Waals surface area contributed by atoms with Gasteiger partial charge in [-0.15, -0.1) is 24.8 Å². The van der Waals surface area contributed by atoms with E-state index in [2.05, 4.69) is 15.6 Å². The van der Waals surface area contributed by atoms with Crippen molar-refractivity contribution in [3.05, 3.63) is 48.3 Å². The van der Waals surface area contributed by atoms with E-state index in [4.69, 9.17) is 14.2 Å². The van der Waals surface area contributed by atoms with E-state index in [0.717, 1.165) is 12.1 Å². The normalized spacial score (nSPS) is 15.7. The van der Waals surface area contributed by atoms with Crippen LogP contribution in [0.5, 0.6) is 11.5 Å². The van der Waals surface area contributed by atoms with Crippen molar-refractivity contribution in [2.75, 3.05) is 32.1 Å². The first-order valence-corrected chi connectivity index (χ1v) is 8.09. The number of halogens is 2. The van der Waals surface area contributed by atoms with E-state index in [1.807, 2.05) is 12.1 Å². The Bertz CT molecular complexity index is 713. The van der Waals surface area contributed by atoms with Crippen molar-refractivity contribution in [3.63, 3.8) is 0 Å². The topological polar surface area (TPSA) is 81.7 Å². The highest BCUT2D eigenvalue weighted by atomic mass is 35.5. The van der Waals surface area contributed by atoms with E-state index in [9.17, 15) is 4.79 Å². The van der Waals surface area contributed by atoms with Gasteiger partial charge in [0.25, 0.3) is 5.91 Å². The Labute approximate surface area is 170 Å². The van der Waals surface area contributed by atoms with Gasteiger partial charge in [0.05, 0.1) is 13.7 Å². The van der Waals surface area contributed by atoms with Crippen molar-refractivity contribution in [2.24, 2.45) is 0 Å². The highest BCUT2D eigenvalue weighted by Gasteiger charge is 2.22. The molecule has 1 atom stereocenters. The molecule has 1 aromatic carbocycles. The third-order valence-electron chi connectivity index (χ3n) is 3.77. The second-order valence-corrected chi connectivity index (χ2v) is 5.57. The standard InChI is InChI=1S/C18H21N3O4.2ClH/c1-23-15-5-4-14(21-18(22)17-11-20-7-8-24-17)9-16(15)25-12-13-3-2-6-19-10-13;;/h2-6,9-10,17,20H,7-8,11-12H2,1H3,(H,21,22);2*1H. The summed E-state index contributed by atoms with van der Waals surface area (Å²) < 4.78 is 16.6. The lowest BCUT2D eigenvalue weighted by Gasteiger charge is -2.23. The Morgan fingerprint density at radius 1 is 1.33 bits per heavy atom. The van der Waals surface area contributed by atoms with Crippen molar-refractivity contribution in [2.45, 2.75) is 12.7 Å². The minimum Gasteiger partial charge on any atom is -0.493 e. The number of carbonyl (C=O) groups excluding carboxylic acids is 1. The molecular formula is C18H23Cl2N3O4. The first-order chi connectivity index (χ1) is 12.3. The molecule has 3 rings (SSSR count). The molecule has 1 fully saturated rings. The van der Waals surface area contributed by atoms with Gasteiger partial charge >= 0.3 is 0 Å². The van der Waals surface area contributed by atoms with Crippen LogP contribution in [0.4, 0.5) is 5.69 Å². The Kier molecular flexibility index (Phi) is 9.88. The van der Waals surface area contributed by atoms with Gasteiger partial charge in [-0.05, 0) is 18.2 Å². The predicted octanol–water partition coefficient (Wildman–Crippen LogP) is 2.44. The van der Waals surface area contributed by atoms with Crippen LogP contribution in [0.2, 0.25) is 0 Å². The fourth-order valence-corrected chi connectivity index (χ4v) is 2.47. The first kappa shape index (κ1) is 23.0. The third kappa shape index (κ3) is 6.55. The highest BCUT2D eigenvalue weighted by Crippen LogP contribution is 2.31. The van der Waals surface area contributed by atoms with Gasteiger partial charge in [-0.25, -0.2) is 0 Å². The molecular weight excluding hydrogens is 393 g/mol. The van der Waals surface area contributed by atoms with Crippen LogP contribution in [-0.4, -0.2) is 43.8 Å². The van der Waals surface area contributed by atoms with Gasteiger partial charge in [0.15, 0.2) is 11.5 Å². The molecule has 1 amide bonds. The fourth-order valence-electron chi connectivity index (χ4n) is 2.47. The van der Waals surface area contributed by atoms with Gasteiger partial charge < -0.3 is 24.8 Å². The molecule has 27 heavy (non-hydrogen) atoms. The maximum absolute atomic E-state index is 12.3. The molecule has 2 N–H and O–H groups in total. The fraction of sp³-hybridized carbons (Fsp3) is 0.333. The Balaban J connectivity index is 0.00000182. The Morgan fingerprint density at radius 2 is 2.19 bits per heavy atom. The van der Waals surface area contributed by atoms with Crippen molar-refractivity contribution in [1.82, 2.24) is 10.3 Å². The lowest BCUT2D eigenvalue weighted by molar-refractivity contribution is -0.128. The number of pyridine rings is 1. The number of morpholine rings is 1. The number of anilines is 1. The molecule has 2 aromatic rings. The average Bonchev–Trinajstić information content (AvgIpc) is 2.68. The average molecular weight is 416 g/mol. The minimum atomic E-state index is -0.490. The molecule has 0 saturated carbocycles. The second kappa shape index (κ2) is 11.6. The van der Waals surface area contributed by atoms with Crippen LogP contribution < -0.4 is 20.1 Å². The molecule has 1 aliphatic heterocycles. The molecule has 2 heterocycles. The molecule has 9 heteroatoms. The summed E-state index contributed by atoms with van der Waals surface area (Å²) in [7, 11) is 1.58. The molecule has 0 bridgehead atoms. The number of methoxy groups -OCH3 is 1. The van der Waals surface area contributed by atoms with Crippen LogP contribution in [-0.2, 0) is 16.1 Å². The van der Waals surface area contributed by atoms with Gasteiger partial charge in [0.1, 0.15) is 12.7 Å². The van der Waals surface area contributed by atoms with Crippen LogP contribution in [0.25, 0.3) is 0 Å². The number of aromatic nitrogens is 1. The summed E-state index contributed by atoms with van der Waals surface area (Å²) in [5.41, 5.74) is 1.57. The monoisotopic (exact) mass is 415 g/mol. The maximum Gasteiger partial charge on any atom is 0.254 e. The van der Waals surface area contributed by atoms with E-state index in [-0.39, 0.29) is 30.7 Å². The van der Waals surface area contributed by atoms with Gasteiger partial charge in [0.2, 0.25) is 0 Å². The Morgan fingerprint density at radius 3 is 2.85 bits per heavy atom. The summed E-state index contributed by atoms with van der Waals surface area (Å²) in [4.78, 5) is 16.3. The summed E-state index contributed by atoms with van der Waals surface area (Å²) in [5, 5.41) is 5.98. The summed E-state index contributed by atoms with van der Waals surface area (Å²) in [6.07, 6.45) is 2.96. The predicted molar refractivity (Wildman–Crippen MR) is 107 cm³/mol. The number of hydrogen-bond donors (Lipinski definition) is 2. The molecule has 1 unspecified atom stereocenters. The van der Waals surface area contributed by atoms with Crippen LogP contribution >= 0.6 is 24.8 Å². The zero-order valence-electron chi connectivity index (χ0n) is 14.8.